The Labute approximate surface area is 137 Å². The van der Waals surface area contributed by atoms with Crippen LogP contribution in [0.15, 0.2) is 54.6 Å². The van der Waals surface area contributed by atoms with E-state index in [1.54, 1.807) is 0 Å². The Hall–Kier alpha value is -2.33. The molecule has 2 aromatic carbocycles. The van der Waals surface area contributed by atoms with Crippen molar-refractivity contribution in [2.45, 2.75) is 25.8 Å². The molecule has 0 radical (unpaired) electrons. The van der Waals surface area contributed by atoms with Gasteiger partial charge in [0.2, 0.25) is 0 Å². The molecule has 23 heavy (non-hydrogen) atoms. The molecule has 122 valence electrons. The van der Waals surface area contributed by atoms with Crippen LogP contribution >= 0.6 is 0 Å². The van der Waals surface area contributed by atoms with E-state index in [0.717, 1.165) is 24.2 Å². The lowest BCUT2D eigenvalue weighted by molar-refractivity contribution is -0.136. The van der Waals surface area contributed by atoms with Crippen molar-refractivity contribution in [3.8, 4) is 5.75 Å². The number of benzene rings is 2. The number of nitrogens with one attached hydrogen (secondary N) is 1. The molecule has 0 saturated heterocycles. The summed E-state index contributed by atoms with van der Waals surface area (Å²) in [6.45, 7) is 1.80. The predicted molar refractivity (Wildman–Crippen MR) is 90.7 cm³/mol. The van der Waals surface area contributed by atoms with Crippen molar-refractivity contribution in [2.75, 3.05) is 13.2 Å². The molecule has 0 saturated carbocycles. The zero-order valence-electron chi connectivity index (χ0n) is 13.2. The zero-order valence-corrected chi connectivity index (χ0v) is 13.2. The summed E-state index contributed by atoms with van der Waals surface area (Å²) in [5, 5.41) is 11.7. The summed E-state index contributed by atoms with van der Waals surface area (Å²) in [5.41, 5.74) is 2.42. The molecule has 0 heterocycles. The van der Waals surface area contributed by atoms with E-state index in [2.05, 4.69) is 29.6 Å². The fourth-order valence-corrected chi connectivity index (χ4v) is 2.28. The molecule has 4 heteroatoms. The molecule has 4 nitrogen and oxygen atoms in total. The SMILES string of the molecule is O=C(O)CCNCc1cccc(OCCCc2ccccc2)c1. The Morgan fingerprint density at radius 2 is 1.83 bits per heavy atom. The van der Waals surface area contributed by atoms with Gasteiger partial charge in [0.1, 0.15) is 5.75 Å². The van der Waals surface area contributed by atoms with E-state index in [0.29, 0.717) is 19.7 Å². The van der Waals surface area contributed by atoms with Gasteiger partial charge in [-0.1, -0.05) is 42.5 Å². The van der Waals surface area contributed by atoms with Crippen LogP contribution in [0.5, 0.6) is 5.75 Å². The molecule has 0 aliphatic rings. The molecule has 0 amide bonds. The first-order chi connectivity index (χ1) is 11.2. The van der Waals surface area contributed by atoms with Gasteiger partial charge in [-0.05, 0) is 36.1 Å². The lowest BCUT2D eigenvalue weighted by Crippen LogP contribution is -2.17. The van der Waals surface area contributed by atoms with Crippen molar-refractivity contribution in [1.82, 2.24) is 5.32 Å². The van der Waals surface area contributed by atoms with Gasteiger partial charge < -0.3 is 15.2 Å². The number of ether oxygens (including phenoxy) is 1. The second-order valence-corrected chi connectivity index (χ2v) is 5.41. The van der Waals surface area contributed by atoms with Gasteiger partial charge in [0.05, 0.1) is 13.0 Å². The fourth-order valence-electron chi connectivity index (χ4n) is 2.28. The quantitative estimate of drug-likeness (QED) is 0.661. The van der Waals surface area contributed by atoms with Crippen LogP contribution in [0.25, 0.3) is 0 Å². The minimum Gasteiger partial charge on any atom is -0.494 e. The summed E-state index contributed by atoms with van der Waals surface area (Å²) in [7, 11) is 0. The average Bonchev–Trinajstić information content (AvgIpc) is 2.57. The molecular formula is C19H23NO3. The Balaban J connectivity index is 1.69. The summed E-state index contributed by atoms with van der Waals surface area (Å²) < 4.78 is 5.79. The van der Waals surface area contributed by atoms with Crippen LogP contribution in [0.1, 0.15) is 24.0 Å². The molecular weight excluding hydrogens is 290 g/mol. The first-order valence-electron chi connectivity index (χ1n) is 7.92. The van der Waals surface area contributed by atoms with Crippen LogP contribution in [0.4, 0.5) is 0 Å². The molecule has 0 bridgehead atoms. The van der Waals surface area contributed by atoms with E-state index in [1.165, 1.54) is 5.56 Å². The van der Waals surface area contributed by atoms with Crippen LogP contribution in [-0.4, -0.2) is 24.2 Å². The standard InChI is InChI=1S/C19H23NO3/c21-19(22)11-12-20-15-17-8-4-10-18(14-17)23-13-5-9-16-6-2-1-3-7-16/h1-4,6-8,10,14,20H,5,9,11-13,15H2,(H,21,22). The Bertz CT molecular complexity index is 599. The monoisotopic (exact) mass is 313 g/mol. The number of carbonyl (C=O) groups is 1. The van der Waals surface area contributed by atoms with E-state index in [4.69, 9.17) is 9.84 Å². The lowest BCUT2D eigenvalue weighted by Gasteiger charge is -2.09. The maximum atomic E-state index is 10.5. The third-order valence-electron chi connectivity index (χ3n) is 3.46. The van der Waals surface area contributed by atoms with Gasteiger partial charge in [-0.25, -0.2) is 0 Å². The number of hydrogen-bond acceptors (Lipinski definition) is 3. The molecule has 2 aromatic rings. The van der Waals surface area contributed by atoms with Gasteiger partial charge in [-0.3, -0.25) is 4.79 Å². The average molecular weight is 313 g/mol. The predicted octanol–water partition coefficient (Wildman–Crippen LogP) is 3.26. The van der Waals surface area contributed by atoms with E-state index in [-0.39, 0.29) is 6.42 Å². The van der Waals surface area contributed by atoms with Crippen molar-refractivity contribution >= 4 is 5.97 Å². The van der Waals surface area contributed by atoms with Crippen molar-refractivity contribution < 1.29 is 14.6 Å². The van der Waals surface area contributed by atoms with Gasteiger partial charge in [0.15, 0.2) is 0 Å². The zero-order chi connectivity index (χ0) is 16.3. The molecule has 2 rings (SSSR count). The molecule has 0 aliphatic heterocycles. The Morgan fingerprint density at radius 3 is 2.61 bits per heavy atom. The molecule has 0 unspecified atom stereocenters. The number of carboxylic acid groups (broad SMARTS) is 1. The first-order valence-corrected chi connectivity index (χ1v) is 7.92. The van der Waals surface area contributed by atoms with Gasteiger partial charge in [-0.15, -0.1) is 0 Å². The van der Waals surface area contributed by atoms with Gasteiger partial charge in [0.25, 0.3) is 0 Å². The van der Waals surface area contributed by atoms with E-state index >= 15 is 0 Å². The van der Waals surface area contributed by atoms with Crippen LogP contribution < -0.4 is 10.1 Å². The fraction of sp³-hybridized carbons (Fsp3) is 0.316. The maximum absolute atomic E-state index is 10.5. The third kappa shape index (κ3) is 6.98. The summed E-state index contributed by atoms with van der Waals surface area (Å²) in [4.78, 5) is 10.5. The summed E-state index contributed by atoms with van der Waals surface area (Å²) >= 11 is 0. The van der Waals surface area contributed by atoms with Crippen LogP contribution in [0.2, 0.25) is 0 Å². The molecule has 0 fully saturated rings. The summed E-state index contributed by atoms with van der Waals surface area (Å²) in [6.07, 6.45) is 2.12. The second-order valence-electron chi connectivity index (χ2n) is 5.41. The lowest BCUT2D eigenvalue weighted by atomic mass is 10.1. The molecule has 0 aliphatic carbocycles. The number of aliphatic carboxylic acids is 1. The van der Waals surface area contributed by atoms with Gasteiger partial charge >= 0.3 is 5.97 Å². The molecule has 0 aromatic heterocycles. The largest absolute Gasteiger partial charge is 0.494 e. The number of rotatable bonds is 10. The van der Waals surface area contributed by atoms with Gasteiger partial charge in [-0.2, -0.15) is 0 Å². The second kappa shape index (κ2) is 9.64. The highest BCUT2D eigenvalue weighted by atomic mass is 16.5. The van der Waals surface area contributed by atoms with Crippen molar-refractivity contribution in [1.29, 1.82) is 0 Å². The smallest absolute Gasteiger partial charge is 0.304 e. The third-order valence-corrected chi connectivity index (χ3v) is 3.46. The highest BCUT2D eigenvalue weighted by Crippen LogP contribution is 2.14. The van der Waals surface area contributed by atoms with Crippen LogP contribution in [0.3, 0.4) is 0 Å². The Kier molecular flexibility index (Phi) is 7.14. The number of hydrogen-bond donors (Lipinski definition) is 2. The maximum Gasteiger partial charge on any atom is 0.304 e. The van der Waals surface area contributed by atoms with Crippen LogP contribution in [-0.2, 0) is 17.8 Å². The minimum atomic E-state index is -0.784. The van der Waals surface area contributed by atoms with Crippen LogP contribution in [0, 0.1) is 0 Å². The van der Waals surface area contributed by atoms with E-state index in [1.807, 2.05) is 30.3 Å². The Morgan fingerprint density at radius 1 is 1.04 bits per heavy atom. The number of aryl methyl sites for hydroxylation is 1. The van der Waals surface area contributed by atoms with E-state index in [9.17, 15) is 4.79 Å². The van der Waals surface area contributed by atoms with E-state index < -0.39 is 5.97 Å². The van der Waals surface area contributed by atoms with Gasteiger partial charge in [0, 0.05) is 13.1 Å². The molecule has 0 spiro atoms. The van der Waals surface area contributed by atoms with Crippen molar-refractivity contribution in [3.63, 3.8) is 0 Å². The molecule has 2 N–H and O–H groups in total. The van der Waals surface area contributed by atoms with Crippen molar-refractivity contribution in [2.24, 2.45) is 0 Å². The molecule has 0 atom stereocenters. The topological polar surface area (TPSA) is 58.6 Å². The number of carboxylic acids is 1. The summed E-state index contributed by atoms with van der Waals surface area (Å²) in [5.74, 6) is 0.0728. The van der Waals surface area contributed by atoms with Crippen molar-refractivity contribution in [3.05, 3.63) is 65.7 Å². The normalized spacial score (nSPS) is 10.4. The highest BCUT2D eigenvalue weighted by Gasteiger charge is 1.99. The minimum absolute atomic E-state index is 0.135. The summed E-state index contributed by atoms with van der Waals surface area (Å²) in [6, 6.07) is 18.3. The first kappa shape index (κ1) is 17.0. The highest BCUT2D eigenvalue weighted by molar-refractivity contribution is 5.66.